The first-order valence-electron chi connectivity index (χ1n) is 8.48. The second-order valence-corrected chi connectivity index (χ2v) is 7.27. The molecule has 2 nitrogen and oxygen atoms in total. The van der Waals surface area contributed by atoms with E-state index in [2.05, 4.69) is 24.8 Å². The average molecular weight is 337 g/mol. The quantitative estimate of drug-likeness (QED) is 0.739. The van der Waals surface area contributed by atoms with Crippen LogP contribution in [-0.2, 0) is 12.7 Å². The molecular weight excluding hydrogens is 313 g/mol. The smallest absolute Gasteiger partial charge is 0.374 e. The summed E-state index contributed by atoms with van der Waals surface area (Å²) >= 11 is 0. The summed E-state index contributed by atoms with van der Waals surface area (Å²) in [5.74, 6) is 0. The van der Waals surface area contributed by atoms with E-state index in [1.54, 1.807) is 12.1 Å². The lowest BCUT2D eigenvalue weighted by Crippen LogP contribution is -2.42. The van der Waals surface area contributed by atoms with E-state index in [9.17, 15) is 13.2 Å². The molecule has 2 aliphatic heterocycles. The van der Waals surface area contributed by atoms with Gasteiger partial charge in [-0.15, -0.1) is 0 Å². The van der Waals surface area contributed by atoms with Crippen LogP contribution < -0.4 is 0 Å². The monoisotopic (exact) mass is 337 g/mol. The third kappa shape index (κ3) is 3.50. The molecule has 0 N–H and O–H groups in total. The molecule has 0 amide bonds. The molecule has 130 valence electrons. The van der Waals surface area contributed by atoms with Crippen LogP contribution in [0.2, 0.25) is 0 Å². The van der Waals surface area contributed by atoms with Crippen LogP contribution in [0, 0.1) is 0 Å². The fourth-order valence-electron chi connectivity index (χ4n) is 3.59. The van der Waals surface area contributed by atoms with Gasteiger partial charge in [-0.3, -0.25) is 0 Å². The van der Waals surface area contributed by atoms with Crippen LogP contribution in [0.3, 0.4) is 0 Å². The molecule has 1 aromatic rings. The SMILES string of the molecule is CC1(C)CC(N2CCCC2)=CC=[N+]1Cc1ccccc1C(F)(F)F. The molecular formula is C19H24F3N2+. The predicted molar refractivity (Wildman–Crippen MR) is 89.1 cm³/mol. The number of hydrogen-bond donors (Lipinski definition) is 0. The Kier molecular flexibility index (Phi) is 4.45. The minimum atomic E-state index is -4.31. The van der Waals surface area contributed by atoms with Crippen molar-refractivity contribution in [3.63, 3.8) is 0 Å². The van der Waals surface area contributed by atoms with Gasteiger partial charge in [0.05, 0.1) is 12.0 Å². The molecule has 3 rings (SSSR count). The van der Waals surface area contributed by atoms with E-state index in [4.69, 9.17) is 0 Å². The number of likely N-dealkylation sites (tertiary alicyclic amines) is 1. The molecule has 1 aromatic carbocycles. The summed E-state index contributed by atoms with van der Waals surface area (Å²) in [6.07, 6.45) is 3.03. The number of hydrogen-bond acceptors (Lipinski definition) is 1. The van der Waals surface area contributed by atoms with E-state index < -0.39 is 11.7 Å². The van der Waals surface area contributed by atoms with Crippen molar-refractivity contribution in [3.8, 4) is 0 Å². The van der Waals surface area contributed by atoms with E-state index in [1.807, 2.05) is 10.8 Å². The maximum atomic E-state index is 13.2. The number of allylic oxidation sites excluding steroid dienone is 1. The molecule has 0 atom stereocenters. The summed E-state index contributed by atoms with van der Waals surface area (Å²) in [6, 6.07) is 5.86. The molecule has 24 heavy (non-hydrogen) atoms. The van der Waals surface area contributed by atoms with Gasteiger partial charge in [0.15, 0.2) is 18.3 Å². The summed E-state index contributed by atoms with van der Waals surface area (Å²) in [4.78, 5) is 2.40. The maximum absolute atomic E-state index is 13.2. The highest BCUT2D eigenvalue weighted by molar-refractivity contribution is 5.68. The highest BCUT2D eigenvalue weighted by Crippen LogP contribution is 2.34. The molecule has 0 saturated carbocycles. The van der Waals surface area contributed by atoms with Crippen LogP contribution in [-0.4, -0.2) is 34.3 Å². The largest absolute Gasteiger partial charge is 0.416 e. The zero-order chi connectivity index (χ0) is 17.4. The summed E-state index contributed by atoms with van der Waals surface area (Å²) in [5.41, 5.74) is 0.888. The van der Waals surface area contributed by atoms with Crippen molar-refractivity contribution in [1.29, 1.82) is 0 Å². The Hall–Kier alpha value is -1.78. The normalized spacial score (nSPS) is 20.8. The second-order valence-electron chi connectivity index (χ2n) is 7.27. The molecule has 0 spiro atoms. The number of alkyl halides is 3. The van der Waals surface area contributed by atoms with Gasteiger partial charge < -0.3 is 4.90 Å². The van der Waals surface area contributed by atoms with Crippen LogP contribution >= 0.6 is 0 Å². The zero-order valence-electron chi connectivity index (χ0n) is 14.2. The lowest BCUT2D eigenvalue weighted by molar-refractivity contribution is -0.612. The van der Waals surface area contributed by atoms with Crippen molar-refractivity contribution in [1.82, 2.24) is 4.90 Å². The van der Waals surface area contributed by atoms with Gasteiger partial charge in [0.1, 0.15) is 0 Å². The van der Waals surface area contributed by atoms with Gasteiger partial charge >= 0.3 is 6.18 Å². The van der Waals surface area contributed by atoms with Crippen molar-refractivity contribution in [2.45, 2.75) is 51.4 Å². The van der Waals surface area contributed by atoms with E-state index >= 15 is 0 Å². The molecule has 0 aromatic heterocycles. The molecule has 2 heterocycles. The van der Waals surface area contributed by atoms with Gasteiger partial charge in [0.25, 0.3) is 0 Å². The lowest BCUT2D eigenvalue weighted by Gasteiger charge is -2.31. The van der Waals surface area contributed by atoms with Crippen LogP contribution in [0.4, 0.5) is 13.2 Å². The Balaban J connectivity index is 1.87. The molecule has 0 bridgehead atoms. The molecule has 0 radical (unpaired) electrons. The first-order chi connectivity index (χ1) is 11.3. The number of halogens is 3. The molecule has 5 heteroatoms. The van der Waals surface area contributed by atoms with Crippen LogP contribution in [0.25, 0.3) is 0 Å². The Morgan fingerprint density at radius 2 is 1.79 bits per heavy atom. The van der Waals surface area contributed by atoms with E-state index in [0.717, 1.165) is 25.6 Å². The molecule has 0 aliphatic carbocycles. The van der Waals surface area contributed by atoms with Crippen LogP contribution in [0.15, 0.2) is 36.0 Å². The lowest BCUT2D eigenvalue weighted by atomic mass is 9.93. The highest BCUT2D eigenvalue weighted by Gasteiger charge is 2.39. The van der Waals surface area contributed by atoms with Gasteiger partial charge in [-0.2, -0.15) is 13.2 Å². The van der Waals surface area contributed by atoms with Gasteiger partial charge in [0.2, 0.25) is 0 Å². The van der Waals surface area contributed by atoms with Crippen LogP contribution in [0.1, 0.15) is 44.2 Å². The molecule has 1 fully saturated rings. The number of benzene rings is 1. The van der Waals surface area contributed by atoms with E-state index in [1.165, 1.54) is 24.6 Å². The minimum Gasteiger partial charge on any atom is -0.374 e. The Bertz CT molecular complexity index is 665. The molecule has 2 aliphatic rings. The van der Waals surface area contributed by atoms with Crippen molar-refractivity contribution < 1.29 is 17.7 Å². The summed E-state index contributed by atoms with van der Waals surface area (Å²) in [6.45, 7) is 6.65. The fourth-order valence-corrected chi connectivity index (χ4v) is 3.59. The topological polar surface area (TPSA) is 6.25 Å². The Labute approximate surface area is 141 Å². The Morgan fingerprint density at radius 3 is 2.42 bits per heavy atom. The summed E-state index contributed by atoms with van der Waals surface area (Å²) < 4.78 is 41.7. The highest BCUT2D eigenvalue weighted by atomic mass is 19.4. The van der Waals surface area contributed by atoms with E-state index in [0.29, 0.717) is 5.56 Å². The standard InChI is InChI=1S/C19H24F3N2/c1-18(2)13-16(23-10-5-6-11-23)9-12-24(18)14-15-7-3-4-8-17(15)19(20,21)22/h3-4,7-9,12H,5-6,10-11,13-14H2,1-2H3/q+1. The van der Waals surface area contributed by atoms with Gasteiger partial charge in [-0.1, -0.05) is 18.2 Å². The molecule has 1 saturated heterocycles. The second kappa shape index (κ2) is 6.26. The third-order valence-corrected chi connectivity index (χ3v) is 5.01. The van der Waals surface area contributed by atoms with Crippen molar-refractivity contribution in [2.24, 2.45) is 0 Å². The third-order valence-electron chi connectivity index (χ3n) is 5.01. The average Bonchev–Trinajstić information content (AvgIpc) is 3.03. The minimum absolute atomic E-state index is 0.203. The van der Waals surface area contributed by atoms with Crippen molar-refractivity contribution >= 4 is 6.21 Å². The maximum Gasteiger partial charge on any atom is 0.416 e. The van der Waals surface area contributed by atoms with Crippen molar-refractivity contribution in [2.75, 3.05) is 13.1 Å². The zero-order valence-corrected chi connectivity index (χ0v) is 14.2. The first kappa shape index (κ1) is 17.1. The van der Waals surface area contributed by atoms with Crippen molar-refractivity contribution in [3.05, 3.63) is 47.2 Å². The van der Waals surface area contributed by atoms with Gasteiger partial charge in [-0.25, -0.2) is 4.58 Å². The summed E-state index contributed by atoms with van der Waals surface area (Å²) in [7, 11) is 0. The number of nitrogens with zero attached hydrogens (tertiary/aromatic N) is 2. The van der Waals surface area contributed by atoms with Gasteiger partial charge in [-0.05, 0) is 18.9 Å². The predicted octanol–water partition coefficient (Wildman–Crippen LogP) is 4.45. The Morgan fingerprint density at radius 1 is 1.12 bits per heavy atom. The summed E-state index contributed by atoms with van der Waals surface area (Å²) in [5, 5.41) is 0. The van der Waals surface area contributed by atoms with E-state index in [-0.39, 0.29) is 12.1 Å². The molecule has 0 unspecified atom stereocenters. The van der Waals surface area contributed by atoms with Gasteiger partial charge in [0, 0.05) is 44.3 Å². The van der Waals surface area contributed by atoms with Crippen LogP contribution in [0.5, 0.6) is 0 Å². The first-order valence-corrected chi connectivity index (χ1v) is 8.48. The number of rotatable bonds is 3. The fraction of sp³-hybridized carbons (Fsp3) is 0.526.